The van der Waals surface area contributed by atoms with Gasteiger partial charge in [0, 0.05) is 43.4 Å². The van der Waals surface area contributed by atoms with Crippen molar-refractivity contribution in [1.82, 2.24) is 19.4 Å². The van der Waals surface area contributed by atoms with Crippen LogP contribution in [0.2, 0.25) is 0 Å². The number of imidazole rings is 1. The number of ketones is 1. The lowest BCUT2D eigenvalue weighted by molar-refractivity contribution is -0.139. The van der Waals surface area contributed by atoms with Crippen molar-refractivity contribution < 1.29 is 24.2 Å². The van der Waals surface area contributed by atoms with E-state index < -0.39 is 17.7 Å². The average molecular weight is 446 g/mol. The van der Waals surface area contributed by atoms with Gasteiger partial charge in [-0.15, -0.1) is 0 Å². The Bertz CT molecular complexity index is 1210. The Morgan fingerprint density at radius 1 is 1.06 bits per heavy atom. The average Bonchev–Trinajstić information content (AvgIpc) is 3.46. The Balaban J connectivity index is 1.52. The molecule has 9 nitrogen and oxygen atoms in total. The van der Waals surface area contributed by atoms with E-state index in [0.717, 1.165) is 0 Å². The van der Waals surface area contributed by atoms with Crippen LogP contribution in [0.25, 0.3) is 5.76 Å². The number of likely N-dealkylation sites (tertiary alicyclic amines) is 1. The van der Waals surface area contributed by atoms with Crippen molar-refractivity contribution in [3.8, 4) is 11.5 Å². The van der Waals surface area contributed by atoms with Crippen molar-refractivity contribution in [2.45, 2.75) is 19.0 Å². The molecule has 2 aromatic heterocycles. The standard InChI is InChI=1S/C24H22N4O5/c29-22(16-4-5-18-19(13-16)33-12-11-32-18)20-21(17-3-1-6-25-14-17)28(24(31)23(20)30)9-2-8-27-10-7-26-15-27/h1,3-7,10,13-15,21,29H,2,8-9,11-12H2/b22-20+. The Morgan fingerprint density at radius 2 is 1.91 bits per heavy atom. The monoisotopic (exact) mass is 446 g/mol. The highest BCUT2D eigenvalue weighted by Gasteiger charge is 2.46. The second-order valence-corrected chi connectivity index (χ2v) is 7.79. The van der Waals surface area contributed by atoms with E-state index in [-0.39, 0.29) is 11.3 Å². The molecule has 1 amide bonds. The van der Waals surface area contributed by atoms with Gasteiger partial charge in [-0.25, -0.2) is 4.98 Å². The van der Waals surface area contributed by atoms with Crippen LogP contribution < -0.4 is 9.47 Å². The van der Waals surface area contributed by atoms with Gasteiger partial charge in [0.05, 0.1) is 17.9 Å². The summed E-state index contributed by atoms with van der Waals surface area (Å²) in [4.78, 5) is 35.8. The number of fused-ring (bicyclic) bond motifs is 1. The predicted molar refractivity (Wildman–Crippen MR) is 118 cm³/mol. The van der Waals surface area contributed by atoms with E-state index in [4.69, 9.17) is 9.47 Å². The third kappa shape index (κ3) is 3.93. The molecule has 0 bridgehead atoms. The SMILES string of the molecule is O=C1C(=O)N(CCCn2ccnc2)C(c2cccnc2)/C1=C(\O)c1ccc2c(c1)OCCO2. The number of aryl methyl sites for hydroxylation is 1. The third-order valence-electron chi connectivity index (χ3n) is 5.73. The smallest absolute Gasteiger partial charge is 0.295 e. The quantitative estimate of drug-likeness (QED) is 0.352. The highest BCUT2D eigenvalue weighted by atomic mass is 16.6. The van der Waals surface area contributed by atoms with Crippen molar-refractivity contribution in [3.05, 3.63) is 78.1 Å². The summed E-state index contributed by atoms with van der Waals surface area (Å²) < 4.78 is 13.1. The highest BCUT2D eigenvalue weighted by molar-refractivity contribution is 6.46. The molecule has 9 heteroatoms. The molecule has 0 spiro atoms. The van der Waals surface area contributed by atoms with Crippen LogP contribution in [-0.4, -0.2) is 56.0 Å². The summed E-state index contributed by atoms with van der Waals surface area (Å²) in [6, 6.07) is 7.75. The summed E-state index contributed by atoms with van der Waals surface area (Å²) in [6.45, 7) is 1.82. The van der Waals surface area contributed by atoms with Crippen molar-refractivity contribution >= 4 is 17.4 Å². The lowest BCUT2D eigenvalue weighted by Gasteiger charge is -2.25. The van der Waals surface area contributed by atoms with Gasteiger partial charge in [0.25, 0.3) is 11.7 Å². The molecule has 0 aliphatic carbocycles. The normalized spacial score (nSPS) is 19.2. The number of ether oxygens (including phenoxy) is 2. The van der Waals surface area contributed by atoms with Crippen molar-refractivity contribution in [2.75, 3.05) is 19.8 Å². The summed E-state index contributed by atoms with van der Waals surface area (Å²) in [6.07, 6.45) is 9.08. The van der Waals surface area contributed by atoms with E-state index >= 15 is 0 Å². The number of hydrogen-bond acceptors (Lipinski definition) is 7. The van der Waals surface area contributed by atoms with Gasteiger partial charge in [-0.05, 0) is 36.2 Å². The fourth-order valence-electron chi connectivity index (χ4n) is 4.18. The maximum absolute atomic E-state index is 13.1. The number of rotatable bonds is 6. The maximum atomic E-state index is 13.1. The van der Waals surface area contributed by atoms with Gasteiger partial charge in [-0.3, -0.25) is 14.6 Å². The van der Waals surface area contributed by atoms with Crippen molar-refractivity contribution in [1.29, 1.82) is 0 Å². The van der Waals surface area contributed by atoms with E-state index in [0.29, 0.717) is 55.4 Å². The molecular weight excluding hydrogens is 424 g/mol. The number of Topliss-reactive ketones (excluding diaryl/α,β-unsaturated/α-hetero) is 1. The predicted octanol–water partition coefficient (Wildman–Crippen LogP) is 2.56. The second-order valence-electron chi connectivity index (χ2n) is 7.79. The van der Waals surface area contributed by atoms with Crippen LogP contribution in [0.3, 0.4) is 0 Å². The van der Waals surface area contributed by atoms with E-state index in [1.165, 1.54) is 4.90 Å². The van der Waals surface area contributed by atoms with E-state index in [2.05, 4.69) is 9.97 Å². The van der Waals surface area contributed by atoms with E-state index in [9.17, 15) is 14.7 Å². The van der Waals surface area contributed by atoms with Crippen LogP contribution in [0, 0.1) is 0 Å². The van der Waals surface area contributed by atoms with Crippen LogP contribution in [0.4, 0.5) is 0 Å². The van der Waals surface area contributed by atoms with Crippen molar-refractivity contribution in [2.24, 2.45) is 0 Å². The van der Waals surface area contributed by atoms with Gasteiger partial charge in [0.1, 0.15) is 19.0 Å². The van der Waals surface area contributed by atoms with E-state index in [1.54, 1.807) is 55.2 Å². The number of amides is 1. The molecule has 2 aliphatic heterocycles. The molecule has 1 aromatic carbocycles. The Kier molecular flexibility index (Phi) is 5.52. The molecule has 1 N–H and O–H groups in total. The number of carbonyl (C=O) groups is 2. The first kappa shape index (κ1) is 20.7. The van der Waals surface area contributed by atoms with Crippen LogP contribution >= 0.6 is 0 Å². The first-order chi connectivity index (χ1) is 16.1. The molecular formula is C24H22N4O5. The van der Waals surface area contributed by atoms with Crippen molar-refractivity contribution in [3.63, 3.8) is 0 Å². The van der Waals surface area contributed by atoms with Gasteiger partial charge in [0.2, 0.25) is 0 Å². The second kappa shape index (κ2) is 8.78. The Labute approximate surface area is 189 Å². The fourth-order valence-corrected chi connectivity index (χ4v) is 4.18. The fraction of sp³-hybridized carbons (Fsp3) is 0.250. The number of aromatic nitrogens is 3. The van der Waals surface area contributed by atoms with Gasteiger partial charge >= 0.3 is 0 Å². The van der Waals surface area contributed by atoms with Gasteiger partial charge in [-0.1, -0.05) is 6.07 Å². The molecule has 1 atom stereocenters. The minimum absolute atomic E-state index is 0.0345. The molecule has 1 fully saturated rings. The number of carbonyl (C=O) groups excluding carboxylic acids is 2. The number of hydrogen-bond donors (Lipinski definition) is 1. The first-order valence-electron chi connectivity index (χ1n) is 10.7. The van der Waals surface area contributed by atoms with Crippen LogP contribution in [0.1, 0.15) is 23.6 Å². The topological polar surface area (TPSA) is 107 Å². The molecule has 5 rings (SSSR count). The van der Waals surface area contributed by atoms with Crippen LogP contribution in [0.15, 0.2) is 67.0 Å². The molecule has 33 heavy (non-hydrogen) atoms. The summed E-state index contributed by atoms with van der Waals surface area (Å²) in [5, 5.41) is 11.2. The zero-order chi connectivity index (χ0) is 22.8. The largest absolute Gasteiger partial charge is 0.507 e. The number of pyridine rings is 1. The number of nitrogens with zero attached hydrogens (tertiary/aromatic N) is 4. The molecule has 1 saturated heterocycles. The summed E-state index contributed by atoms with van der Waals surface area (Å²) in [5.74, 6) is -0.567. The Hall–Kier alpha value is -4.14. The molecule has 0 saturated carbocycles. The minimum atomic E-state index is -0.741. The lowest BCUT2D eigenvalue weighted by atomic mass is 9.96. The number of benzene rings is 1. The van der Waals surface area contributed by atoms with Gasteiger partial charge in [0.15, 0.2) is 11.5 Å². The zero-order valence-electron chi connectivity index (χ0n) is 17.8. The Morgan fingerprint density at radius 3 is 2.67 bits per heavy atom. The van der Waals surface area contributed by atoms with Gasteiger partial charge in [-0.2, -0.15) is 0 Å². The lowest BCUT2D eigenvalue weighted by Crippen LogP contribution is -2.31. The third-order valence-corrected chi connectivity index (χ3v) is 5.73. The summed E-state index contributed by atoms with van der Waals surface area (Å²) in [5.41, 5.74) is 1.07. The molecule has 1 unspecified atom stereocenters. The van der Waals surface area contributed by atoms with Crippen LogP contribution in [-0.2, 0) is 16.1 Å². The van der Waals surface area contributed by atoms with E-state index in [1.807, 2.05) is 10.8 Å². The minimum Gasteiger partial charge on any atom is -0.507 e. The van der Waals surface area contributed by atoms with Gasteiger partial charge < -0.3 is 24.0 Å². The van der Waals surface area contributed by atoms with Crippen LogP contribution in [0.5, 0.6) is 11.5 Å². The molecule has 3 aromatic rings. The molecule has 0 radical (unpaired) electrons. The maximum Gasteiger partial charge on any atom is 0.295 e. The molecule has 168 valence electrons. The zero-order valence-corrected chi connectivity index (χ0v) is 17.8. The first-order valence-corrected chi connectivity index (χ1v) is 10.7. The number of aliphatic hydroxyl groups is 1. The summed E-state index contributed by atoms with van der Waals surface area (Å²) in [7, 11) is 0. The molecule has 4 heterocycles. The molecule has 2 aliphatic rings. The number of aliphatic hydroxyl groups excluding tert-OH is 1. The highest BCUT2D eigenvalue weighted by Crippen LogP contribution is 2.40. The summed E-state index contributed by atoms with van der Waals surface area (Å²) >= 11 is 0.